The Balaban J connectivity index is 1.18. The van der Waals surface area contributed by atoms with E-state index in [2.05, 4.69) is 24.8 Å². The number of anilines is 2. The number of carbonyl (C=O) groups excluding carboxylic acids is 1. The van der Waals surface area contributed by atoms with Crippen LogP contribution in [0.2, 0.25) is 0 Å². The largest absolute Gasteiger partial charge is 0.382 e. The highest BCUT2D eigenvalue weighted by molar-refractivity contribution is 7.97. The molecule has 0 radical (unpaired) electrons. The molecular weight excluding hydrogens is 478 g/mol. The molecule has 2 aliphatic heterocycles. The van der Waals surface area contributed by atoms with Crippen molar-refractivity contribution in [2.24, 2.45) is 0 Å². The number of nitrogens with one attached hydrogen (secondary N) is 2. The number of rotatable bonds is 11. The van der Waals surface area contributed by atoms with Crippen LogP contribution in [0.5, 0.6) is 0 Å². The molecule has 7 nitrogen and oxygen atoms in total. The van der Waals surface area contributed by atoms with Gasteiger partial charge in [-0.2, -0.15) is 0 Å². The molecule has 0 unspecified atom stereocenters. The molecule has 0 aliphatic carbocycles. The molecule has 34 heavy (non-hydrogen) atoms. The van der Waals surface area contributed by atoms with Crippen molar-refractivity contribution in [1.29, 1.82) is 0 Å². The van der Waals surface area contributed by atoms with Crippen LogP contribution in [0.3, 0.4) is 0 Å². The van der Waals surface area contributed by atoms with Crippen molar-refractivity contribution < 1.29 is 13.6 Å². The lowest BCUT2D eigenvalue weighted by atomic mass is 10.1. The van der Waals surface area contributed by atoms with E-state index in [1.165, 1.54) is 32.0 Å². The average molecular weight is 511 g/mol. The summed E-state index contributed by atoms with van der Waals surface area (Å²) in [6.45, 7) is 7.62. The van der Waals surface area contributed by atoms with Gasteiger partial charge in [-0.1, -0.05) is 29.4 Å². The van der Waals surface area contributed by atoms with Gasteiger partial charge < -0.3 is 21.3 Å². The van der Waals surface area contributed by atoms with Crippen LogP contribution in [0.25, 0.3) is 0 Å². The summed E-state index contributed by atoms with van der Waals surface area (Å²) in [5.41, 5.74) is 5.31. The molecule has 11 heteroatoms. The summed E-state index contributed by atoms with van der Waals surface area (Å²) in [5.74, 6) is -1.54. The first-order valence-electron chi connectivity index (χ1n) is 11.8. The van der Waals surface area contributed by atoms with Gasteiger partial charge in [-0.25, -0.2) is 13.8 Å². The van der Waals surface area contributed by atoms with E-state index < -0.39 is 23.0 Å². The average Bonchev–Trinajstić information content (AvgIpc) is 3.46. The summed E-state index contributed by atoms with van der Waals surface area (Å²) in [6, 6.07) is 3.56. The topological polar surface area (TPSA) is 86.5 Å². The SMILES string of the molecule is Nc1nc(NC2CCN(SCCNCCN3CCCC3)CC2)sc1C(=O)c1c(F)cccc1F. The fraction of sp³-hybridized carbons (Fsp3) is 0.565. The van der Waals surface area contributed by atoms with Crippen LogP contribution in [0.1, 0.15) is 40.9 Å². The standard InChI is InChI=1S/C23H32F2N6OS2/c24-17-4-3-5-18(25)19(17)20(32)21-22(26)29-23(34-21)28-16-6-12-31(13-7-16)33-15-9-27-8-14-30-10-1-2-11-30/h3-5,16,27H,1-2,6-15,26H2,(H,28,29). The lowest BCUT2D eigenvalue weighted by Crippen LogP contribution is -2.36. The van der Waals surface area contributed by atoms with Gasteiger partial charge in [-0.3, -0.25) is 9.10 Å². The Morgan fingerprint density at radius 2 is 1.85 bits per heavy atom. The monoisotopic (exact) mass is 510 g/mol. The summed E-state index contributed by atoms with van der Waals surface area (Å²) in [6.07, 6.45) is 4.56. The fourth-order valence-electron chi connectivity index (χ4n) is 4.30. The maximum atomic E-state index is 14.0. The predicted octanol–water partition coefficient (Wildman–Crippen LogP) is 3.44. The number of ketones is 1. The van der Waals surface area contributed by atoms with Crippen LogP contribution >= 0.6 is 23.3 Å². The molecule has 1 aromatic carbocycles. The number of carbonyl (C=O) groups is 1. The lowest BCUT2D eigenvalue weighted by Gasteiger charge is -2.31. The van der Waals surface area contributed by atoms with Gasteiger partial charge in [0.1, 0.15) is 22.3 Å². The summed E-state index contributed by atoms with van der Waals surface area (Å²) in [7, 11) is 0. The molecule has 2 aromatic rings. The van der Waals surface area contributed by atoms with Gasteiger partial charge in [0.25, 0.3) is 0 Å². The maximum Gasteiger partial charge on any atom is 0.212 e. The number of benzene rings is 1. The van der Waals surface area contributed by atoms with E-state index in [1.54, 1.807) is 0 Å². The molecule has 0 bridgehead atoms. The maximum absolute atomic E-state index is 14.0. The molecule has 4 N–H and O–H groups in total. The molecule has 0 amide bonds. The molecule has 0 saturated carbocycles. The number of halogens is 2. The molecule has 186 valence electrons. The fourth-order valence-corrected chi connectivity index (χ4v) is 6.17. The van der Waals surface area contributed by atoms with E-state index in [0.29, 0.717) is 5.13 Å². The number of nitrogens with two attached hydrogens (primary N) is 1. The molecule has 0 spiro atoms. The van der Waals surface area contributed by atoms with E-state index >= 15 is 0 Å². The Kier molecular flexibility index (Phi) is 9.12. The number of nitrogen functional groups attached to an aromatic ring is 1. The zero-order valence-corrected chi connectivity index (χ0v) is 20.8. The Morgan fingerprint density at radius 1 is 1.15 bits per heavy atom. The molecule has 3 heterocycles. The second-order valence-corrected chi connectivity index (χ2v) is 10.8. The van der Waals surface area contributed by atoms with E-state index in [0.717, 1.165) is 74.8 Å². The molecule has 2 aliphatic rings. The van der Waals surface area contributed by atoms with Crippen molar-refractivity contribution in [2.45, 2.75) is 31.7 Å². The van der Waals surface area contributed by atoms with Gasteiger partial charge in [0.2, 0.25) is 5.78 Å². The Labute approximate surface area is 207 Å². The molecule has 0 atom stereocenters. The Bertz CT molecular complexity index is 941. The second-order valence-electron chi connectivity index (χ2n) is 8.64. The number of aromatic nitrogens is 1. The van der Waals surface area contributed by atoms with Gasteiger partial charge >= 0.3 is 0 Å². The van der Waals surface area contributed by atoms with E-state index in [4.69, 9.17) is 5.73 Å². The molecule has 1 aromatic heterocycles. The summed E-state index contributed by atoms with van der Waals surface area (Å²) < 4.78 is 30.4. The zero-order chi connectivity index (χ0) is 23.9. The smallest absolute Gasteiger partial charge is 0.212 e. The third-order valence-electron chi connectivity index (χ3n) is 6.19. The number of nitrogens with zero attached hydrogens (tertiary/aromatic N) is 3. The second kappa shape index (κ2) is 12.3. The van der Waals surface area contributed by atoms with Gasteiger partial charge in [0.05, 0.1) is 5.56 Å². The van der Waals surface area contributed by atoms with Crippen molar-refractivity contribution in [2.75, 3.05) is 62.6 Å². The van der Waals surface area contributed by atoms with Crippen molar-refractivity contribution in [3.63, 3.8) is 0 Å². The van der Waals surface area contributed by atoms with Crippen molar-refractivity contribution in [3.8, 4) is 0 Å². The van der Waals surface area contributed by atoms with Crippen LogP contribution in [0, 0.1) is 11.6 Å². The first-order valence-corrected chi connectivity index (χ1v) is 13.6. The van der Waals surface area contributed by atoms with Gasteiger partial charge in [0, 0.05) is 44.5 Å². The quantitative estimate of drug-likeness (QED) is 0.241. The normalized spacial score (nSPS) is 17.9. The highest BCUT2D eigenvalue weighted by Crippen LogP contribution is 2.31. The zero-order valence-electron chi connectivity index (χ0n) is 19.2. The first kappa shape index (κ1) is 25.3. The van der Waals surface area contributed by atoms with Crippen LogP contribution in [0.4, 0.5) is 19.7 Å². The first-order chi connectivity index (χ1) is 16.5. The van der Waals surface area contributed by atoms with Crippen LogP contribution in [-0.2, 0) is 0 Å². The van der Waals surface area contributed by atoms with Gasteiger partial charge in [-0.05, 0) is 50.9 Å². The van der Waals surface area contributed by atoms with E-state index in [1.807, 2.05) is 11.9 Å². The highest BCUT2D eigenvalue weighted by atomic mass is 32.2. The summed E-state index contributed by atoms with van der Waals surface area (Å²) in [4.78, 5) is 19.5. The molecule has 2 fully saturated rings. The third kappa shape index (κ3) is 6.66. The van der Waals surface area contributed by atoms with Crippen molar-refractivity contribution in [1.82, 2.24) is 19.5 Å². The number of likely N-dealkylation sites (tertiary alicyclic amines) is 1. The van der Waals surface area contributed by atoms with Crippen LogP contribution < -0.4 is 16.4 Å². The van der Waals surface area contributed by atoms with Gasteiger partial charge in [0.15, 0.2) is 5.13 Å². The van der Waals surface area contributed by atoms with Crippen LogP contribution in [-0.4, -0.2) is 77.6 Å². The molecular formula is C23H32F2N6OS2. The number of thiazole rings is 1. The minimum absolute atomic E-state index is 0.00891. The number of hydrogen-bond acceptors (Lipinski definition) is 9. The van der Waals surface area contributed by atoms with Crippen molar-refractivity contribution in [3.05, 3.63) is 40.3 Å². The minimum atomic E-state index is -0.904. The molecule has 4 rings (SSSR count). The summed E-state index contributed by atoms with van der Waals surface area (Å²) >= 11 is 2.92. The molecule has 2 saturated heterocycles. The van der Waals surface area contributed by atoms with E-state index in [-0.39, 0.29) is 16.7 Å². The Morgan fingerprint density at radius 3 is 2.56 bits per heavy atom. The highest BCUT2D eigenvalue weighted by Gasteiger charge is 2.26. The number of hydrogen-bond donors (Lipinski definition) is 3. The minimum Gasteiger partial charge on any atom is -0.382 e. The van der Waals surface area contributed by atoms with Gasteiger partial charge in [-0.15, -0.1) is 0 Å². The van der Waals surface area contributed by atoms with Crippen LogP contribution in [0.15, 0.2) is 18.2 Å². The summed E-state index contributed by atoms with van der Waals surface area (Å²) in [5, 5.41) is 7.38. The Hall–Kier alpha value is -1.79. The third-order valence-corrected chi connectivity index (χ3v) is 8.31. The lowest BCUT2D eigenvalue weighted by molar-refractivity contribution is 0.103. The van der Waals surface area contributed by atoms with Crippen molar-refractivity contribution >= 4 is 40.0 Å². The number of piperidine rings is 1. The predicted molar refractivity (Wildman–Crippen MR) is 136 cm³/mol. The van der Waals surface area contributed by atoms with E-state index in [9.17, 15) is 13.6 Å².